The van der Waals surface area contributed by atoms with Gasteiger partial charge in [0.05, 0.1) is 7.11 Å². The second-order valence-corrected chi connectivity index (χ2v) is 11.1. The van der Waals surface area contributed by atoms with Crippen LogP contribution in [0.3, 0.4) is 0 Å². The van der Waals surface area contributed by atoms with Gasteiger partial charge in [-0.15, -0.1) is 0 Å². The van der Waals surface area contributed by atoms with Gasteiger partial charge in [-0.1, -0.05) is 67.2 Å². The van der Waals surface area contributed by atoms with Crippen LogP contribution in [-0.2, 0) is 6.16 Å². The average Bonchev–Trinajstić information content (AvgIpc) is 2.23. The molecular formula is C17H29OP. The van der Waals surface area contributed by atoms with Gasteiger partial charge in [-0.05, 0) is 35.0 Å². The maximum atomic E-state index is 5.54. The maximum absolute atomic E-state index is 5.54. The quantitative estimate of drug-likeness (QED) is 0.656. The number of ether oxygens (including phenoxy) is 1. The van der Waals surface area contributed by atoms with Crippen LogP contribution >= 0.6 is 7.92 Å². The second kappa shape index (κ2) is 5.83. The van der Waals surface area contributed by atoms with Gasteiger partial charge >= 0.3 is 0 Å². The van der Waals surface area contributed by atoms with Crippen LogP contribution in [0, 0.1) is 6.92 Å². The van der Waals surface area contributed by atoms with E-state index in [9.17, 15) is 0 Å². The summed E-state index contributed by atoms with van der Waals surface area (Å²) in [5, 5.41) is 0.699. The molecule has 0 bridgehead atoms. The van der Waals surface area contributed by atoms with Crippen molar-refractivity contribution in [1.29, 1.82) is 0 Å². The molecule has 0 heterocycles. The minimum Gasteiger partial charge on any atom is -0.496 e. The number of methoxy groups -OCH3 is 1. The van der Waals surface area contributed by atoms with Crippen LogP contribution < -0.4 is 4.74 Å². The summed E-state index contributed by atoms with van der Waals surface area (Å²) >= 11 is 0. The molecule has 108 valence electrons. The predicted octanol–water partition coefficient (Wildman–Crippen LogP) is 5.58. The van der Waals surface area contributed by atoms with Crippen molar-refractivity contribution < 1.29 is 4.74 Å². The predicted molar refractivity (Wildman–Crippen MR) is 87.9 cm³/mol. The topological polar surface area (TPSA) is 9.23 Å². The number of aryl methyl sites for hydroxylation is 1. The molecule has 0 saturated carbocycles. The van der Waals surface area contributed by atoms with Crippen LogP contribution in [0.25, 0.3) is 0 Å². The van der Waals surface area contributed by atoms with Gasteiger partial charge in [-0.2, -0.15) is 0 Å². The lowest BCUT2D eigenvalue weighted by Crippen LogP contribution is -2.26. The third-order valence-corrected chi connectivity index (χ3v) is 7.28. The highest BCUT2D eigenvalue weighted by molar-refractivity contribution is 7.60. The first-order valence-corrected chi connectivity index (χ1v) is 8.49. The van der Waals surface area contributed by atoms with Gasteiger partial charge in [0, 0.05) is 0 Å². The fourth-order valence-corrected chi connectivity index (χ4v) is 6.23. The molecule has 0 unspecified atom stereocenters. The Bertz CT molecular complexity index is 410. The minimum absolute atomic E-state index is 0.133. The fourth-order valence-electron chi connectivity index (χ4n) is 2.68. The van der Waals surface area contributed by atoms with Gasteiger partial charge in [0.1, 0.15) is 5.75 Å². The van der Waals surface area contributed by atoms with Crippen molar-refractivity contribution in [2.75, 3.05) is 7.11 Å². The summed E-state index contributed by atoms with van der Waals surface area (Å²) in [6, 6.07) is 6.51. The molecule has 19 heavy (non-hydrogen) atoms. The Labute approximate surface area is 120 Å². The number of hydrogen-bond donors (Lipinski definition) is 0. The first-order valence-electron chi connectivity index (χ1n) is 6.97. The van der Waals surface area contributed by atoms with Crippen LogP contribution in [0.15, 0.2) is 18.2 Å². The zero-order valence-electron chi connectivity index (χ0n) is 13.8. The lowest BCUT2D eigenvalue weighted by atomic mass is 10.1. The van der Waals surface area contributed by atoms with Gasteiger partial charge in [0.2, 0.25) is 0 Å². The van der Waals surface area contributed by atoms with Crippen molar-refractivity contribution >= 4 is 7.92 Å². The van der Waals surface area contributed by atoms with Crippen LogP contribution in [0.4, 0.5) is 0 Å². The smallest absolute Gasteiger partial charge is 0.122 e. The van der Waals surface area contributed by atoms with E-state index in [0.29, 0.717) is 10.3 Å². The first-order chi connectivity index (χ1) is 8.55. The van der Waals surface area contributed by atoms with E-state index in [4.69, 9.17) is 4.74 Å². The van der Waals surface area contributed by atoms with E-state index in [1.54, 1.807) is 7.11 Å². The Balaban J connectivity index is 3.14. The summed E-state index contributed by atoms with van der Waals surface area (Å²) in [5.74, 6) is 1.03. The van der Waals surface area contributed by atoms with E-state index in [-0.39, 0.29) is 7.92 Å². The van der Waals surface area contributed by atoms with Gasteiger partial charge in [-0.3, -0.25) is 0 Å². The Kier molecular flexibility index (Phi) is 5.07. The SMILES string of the molecule is COc1ccc(C)cc1CP(C(C)(C)C)C(C)(C)C. The molecule has 0 atom stereocenters. The van der Waals surface area contributed by atoms with Crippen LogP contribution in [0.1, 0.15) is 52.7 Å². The second-order valence-electron chi connectivity index (χ2n) is 7.24. The first kappa shape index (κ1) is 16.5. The third-order valence-electron chi connectivity index (χ3n) is 3.38. The molecule has 0 amide bonds. The third kappa shape index (κ3) is 4.49. The summed E-state index contributed by atoms with van der Waals surface area (Å²) in [7, 11) is 1.64. The molecule has 0 fully saturated rings. The number of benzene rings is 1. The van der Waals surface area contributed by atoms with Gasteiger partial charge < -0.3 is 4.74 Å². The molecule has 0 spiro atoms. The monoisotopic (exact) mass is 280 g/mol. The Morgan fingerprint density at radius 3 is 1.95 bits per heavy atom. The summed E-state index contributed by atoms with van der Waals surface area (Å²) in [5.41, 5.74) is 2.67. The Hall–Kier alpha value is -0.550. The van der Waals surface area contributed by atoms with E-state index in [1.807, 2.05) is 0 Å². The van der Waals surface area contributed by atoms with Gasteiger partial charge in [0.15, 0.2) is 0 Å². The molecule has 1 aromatic carbocycles. The zero-order chi connectivity index (χ0) is 14.8. The molecule has 0 aliphatic rings. The van der Waals surface area contributed by atoms with Crippen LogP contribution in [0.2, 0.25) is 0 Å². The van der Waals surface area contributed by atoms with Gasteiger partial charge in [-0.25, -0.2) is 0 Å². The molecule has 0 N–H and O–H groups in total. The average molecular weight is 280 g/mol. The van der Waals surface area contributed by atoms with Crippen LogP contribution in [-0.4, -0.2) is 17.4 Å². The van der Waals surface area contributed by atoms with Crippen molar-refractivity contribution in [3.05, 3.63) is 29.3 Å². The summed E-state index contributed by atoms with van der Waals surface area (Å²) in [6.45, 7) is 16.4. The van der Waals surface area contributed by atoms with E-state index in [0.717, 1.165) is 11.9 Å². The minimum atomic E-state index is -0.133. The van der Waals surface area contributed by atoms with Crippen molar-refractivity contribution in [2.24, 2.45) is 0 Å². The molecule has 0 aliphatic heterocycles. The molecule has 1 nitrogen and oxygen atoms in total. The Morgan fingerprint density at radius 2 is 1.53 bits per heavy atom. The zero-order valence-corrected chi connectivity index (χ0v) is 14.7. The van der Waals surface area contributed by atoms with Crippen molar-refractivity contribution in [2.45, 2.75) is 64.9 Å². The molecule has 0 aromatic heterocycles. The summed E-state index contributed by atoms with van der Waals surface area (Å²) in [4.78, 5) is 0. The molecule has 1 aromatic rings. The summed E-state index contributed by atoms with van der Waals surface area (Å²) in [6.07, 6.45) is 1.13. The maximum Gasteiger partial charge on any atom is 0.122 e. The van der Waals surface area contributed by atoms with Crippen LogP contribution in [0.5, 0.6) is 5.75 Å². The molecule has 0 radical (unpaired) electrons. The lowest BCUT2D eigenvalue weighted by molar-refractivity contribution is 0.411. The van der Waals surface area contributed by atoms with Gasteiger partial charge in [0.25, 0.3) is 0 Å². The number of hydrogen-bond acceptors (Lipinski definition) is 1. The molecule has 0 saturated heterocycles. The molecule has 2 heteroatoms. The van der Waals surface area contributed by atoms with E-state index in [1.165, 1.54) is 11.1 Å². The summed E-state index contributed by atoms with van der Waals surface area (Å²) < 4.78 is 5.54. The van der Waals surface area contributed by atoms with E-state index < -0.39 is 0 Å². The van der Waals surface area contributed by atoms with Crippen molar-refractivity contribution in [3.63, 3.8) is 0 Å². The molecular weight excluding hydrogens is 251 g/mol. The van der Waals surface area contributed by atoms with Crippen molar-refractivity contribution in [3.8, 4) is 5.75 Å². The largest absolute Gasteiger partial charge is 0.496 e. The highest BCUT2D eigenvalue weighted by Crippen LogP contribution is 2.61. The molecule has 1 rings (SSSR count). The van der Waals surface area contributed by atoms with E-state index >= 15 is 0 Å². The highest BCUT2D eigenvalue weighted by Gasteiger charge is 2.34. The standard InChI is InChI=1S/C17H29OP/c1-13-9-10-15(18-8)14(11-13)12-19(16(2,3)4)17(5,6)7/h9-11H,12H2,1-8H3. The normalized spacial score (nSPS) is 12.9. The lowest BCUT2D eigenvalue weighted by Gasteiger charge is -2.42. The van der Waals surface area contributed by atoms with Crippen molar-refractivity contribution in [1.82, 2.24) is 0 Å². The van der Waals surface area contributed by atoms with E-state index in [2.05, 4.69) is 66.7 Å². The highest BCUT2D eigenvalue weighted by atomic mass is 31.1. The number of rotatable bonds is 3. The fraction of sp³-hybridized carbons (Fsp3) is 0.647. The Morgan fingerprint density at radius 1 is 1.00 bits per heavy atom. The molecule has 0 aliphatic carbocycles.